The molecule has 0 aliphatic rings. The summed E-state index contributed by atoms with van der Waals surface area (Å²) >= 11 is 0. The van der Waals surface area contributed by atoms with Gasteiger partial charge in [-0.3, -0.25) is 19.7 Å². The number of non-ortho nitro benzene ring substituents is 1. The zero-order valence-corrected chi connectivity index (χ0v) is 10.1. The fourth-order valence-electron chi connectivity index (χ4n) is 1.62. The topological polar surface area (TPSA) is 138 Å². The third kappa shape index (κ3) is 2.88. The summed E-state index contributed by atoms with van der Waals surface area (Å²) in [5.41, 5.74) is -0.440. The number of nitro benzene ring substituents is 1. The number of nitrogens with zero attached hydrogens (tertiary/aromatic N) is 2. The van der Waals surface area contributed by atoms with E-state index in [0.717, 1.165) is 6.07 Å². The number of aromatic amines is 1. The minimum Gasteiger partial charge on any atom is -0.481 e. The predicted molar refractivity (Wildman–Crippen MR) is 69.8 cm³/mol. The number of benzene rings is 1. The van der Waals surface area contributed by atoms with Crippen molar-refractivity contribution in [1.29, 1.82) is 0 Å². The van der Waals surface area contributed by atoms with E-state index in [1.807, 2.05) is 0 Å². The Labute approximate surface area is 111 Å². The molecule has 3 N–H and O–H groups in total. The maximum atomic E-state index is 11.8. The van der Waals surface area contributed by atoms with Crippen molar-refractivity contribution in [3.05, 3.63) is 38.7 Å². The number of aromatic nitrogens is 2. The molecule has 0 amide bonds. The van der Waals surface area contributed by atoms with Crippen molar-refractivity contribution in [2.45, 2.75) is 6.42 Å². The van der Waals surface area contributed by atoms with Crippen LogP contribution in [0.25, 0.3) is 10.9 Å². The van der Waals surface area contributed by atoms with Crippen molar-refractivity contribution >= 4 is 28.5 Å². The number of fused-ring (bicyclic) bond motifs is 1. The summed E-state index contributed by atoms with van der Waals surface area (Å²) in [5, 5.41) is 21.9. The average Bonchev–Trinajstić information content (AvgIpc) is 2.37. The van der Waals surface area contributed by atoms with Gasteiger partial charge in [0, 0.05) is 18.7 Å². The number of nitro groups is 1. The molecule has 0 aliphatic carbocycles. The van der Waals surface area contributed by atoms with Gasteiger partial charge in [0.1, 0.15) is 0 Å². The Bertz CT molecular complexity index is 739. The Hall–Kier alpha value is -2.97. The van der Waals surface area contributed by atoms with Crippen molar-refractivity contribution in [1.82, 2.24) is 9.97 Å². The maximum Gasteiger partial charge on any atom is 0.305 e. The van der Waals surface area contributed by atoms with E-state index in [9.17, 15) is 19.7 Å². The van der Waals surface area contributed by atoms with E-state index in [4.69, 9.17) is 5.11 Å². The minimum atomic E-state index is -0.976. The molecule has 20 heavy (non-hydrogen) atoms. The Morgan fingerprint density at radius 3 is 2.90 bits per heavy atom. The van der Waals surface area contributed by atoms with E-state index in [-0.39, 0.29) is 30.0 Å². The smallest absolute Gasteiger partial charge is 0.305 e. The molecule has 9 heteroatoms. The highest BCUT2D eigenvalue weighted by Crippen LogP contribution is 2.17. The van der Waals surface area contributed by atoms with Crippen LogP contribution < -0.4 is 10.9 Å². The second kappa shape index (κ2) is 5.34. The van der Waals surface area contributed by atoms with E-state index < -0.39 is 16.5 Å². The van der Waals surface area contributed by atoms with Gasteiger partial charge in [0.05, 0.1) is 22.2 Å². The van der Waals surface area contributed by atoms with Crippen LogP contribution in [-0.2, 0) is 4.79 Å². The quantitative estimate of drug-likeness (QED) is 0.540. The molecular weight excluding hydrogens is 268 g/mol. The molecule has 2 aromatic rings. The maximum absolute atomic E-state index is 11.8. The van der Waals surface area contributed by atoms with Gasteiger partial charge in [0.15, 0.2) is 0 Å². The number of carbonyl (C=O) groups is 1. The number of hydrogen-bond donors (Lipinski definition) is 3. The van der Waals surface area contributed by atoms with Crippen molar-refractivity contribution < 1.29 is 14.8 Å². The monoisotopic (exact) mass is 278 g/mol. The Morgan fingerprint density at radius 1 is 1.50 bits per heavy atom. The summed E-state index contributed by atoms with van der Waals surface area (Å²) in [6.07, 6.45) is -0.123. The first-order chi connectivity index (χ1) is 9.47. The average molecular weight is 278 g/mol. The van der Waals surface area contributed by atoms with E-state index in [1.54, 1.807) is 0 Å². The molecule has 104 valence electrons. The summed E-state index contributed by atoms with van der Waals surface area (Å²) in [6, 6.07) is 3.81. The normalized spacial score (nSPS) is 10.4. The molecule has 0 spiro atoms. The van der Waals surface area contributed by atoms with Crippen LogP contribution in [0.4, 0.5) is 11.6 Å². The van der Waals surface area contributed by atoms with E-state index in [0.29, 0.717) is 5.52 Å². The Morgan fingerprint density at radius 2 is 2.25 bits per heavy atom. The van der Waals surface area contributed by atoms with Crippen molar-refractivity contribution in [2.24, 2.45) is 0 Å². The van der Waals surface area contributed by atoms with Crippen molar-refractivity contribution in [2.75, 3.05) is 11.9 Å². The molecular formula is C11H10N4O5. The highest BCUT2D eigenvalue weighted by Gasteiger charge is 2.10. The second-order valence-corrected chi connectivity index (χ2v) is 3.95. The number of carboxylic acid groups (broad SMARTS) is 1. The fraction of sp³-hybridized carbons (Fsp3) is 0.182. The standard InChI is InChI=1S/C11H10N4O5/c16-9(17)3-4-12-11-13-8-2-1-6(15(19)20)5-7(8)10(18)14-11/h1-2,5H,3-4H2,(H,16,17)(H2,12,13,14,18). The highest BCUT2D eigenvalue weighted by atomic mass is 16.6. The molecule has 0 unspecified atom stereocenters. The number of H-pyrrole nitrogens is 1. The zero-order chi connectivity index (χ0) is 14.7. The van der Waals surface area contributed by atoms with Gasteiger partial charge in [0.25, 0.3) is 11.2 Å². The molecule has 0 saturated carbocycles. The fourth-order valence-corrected chi connectivity index (χ4v) is 1.62. The molecule has 0 bridgehead atoms. The van der Waals surface area contributed by atoms with E-state index in [2.05, 4.69) is 15.3 Å². The molecule has 0 atom stereocenters. The summed E-state index contributed by atoms with van der Waals surface area (Å²) in [7, 11) is 0. The van der Waals surface area contributed by atoms with Gasteiger partial charge in [-0.1, -0.05) is 0 Å². The third-order valence-corrected chi connectivity index (χ3v) is 2.54. The Kier molecular flexibility index (Phi) is 3.60. The lowest BCUT2D eigenvalue weighted by molar-refractivity contribution is -0.384. The molecule has 0 aliphatic heterocycles. The van der Waals surface area contributed by atoms with Crippen LogP contribution in [0.2, 0.25) is 0 Å². The first kappa shape index (κ1) is 13.5. The van der Waals surface area contributed by atoms with Crippen LogP contribution in [0.5, 0.6) is 0 Å². The van der Waals surface area contributed by atoms with Crippen LogP contribution in [0.3, 0.4) is 0 Å². The lowest BCUT2D eigenvalue weighted by atomic mass is 10.2. The molecule has 2 rings (SSSR count). The van der Waals surface area contributed by atoms with Gasteiger partial charge in [0.2, 0.25) is 5.95 Å². The highest BCUT2D eigenvalue weighted by molar-refractivity contribution is 5.81. The van der Waals surface area contributed by atoms with Crippen molar-refractivity contribution in [3.63, 3.8) is 0 Å². The molecule has 1 aromatic carbocycles. The number of hydrogen-bond acceptors (Lipinski definition) is 6. The van der Waals surface area contributed by atoms with Crippen LogP contribution in [-0.4, -0.2) is 32.5 Å². The van der Waals surface area contributed by atoms with Gasteiger partial charge in [-0.25, -0.2) is 0 Å². The van der Waals surface area contributed by atoms with Gasteiger partial charge in [-0.15, -0.1) is 0 Å². The summed E-state index contributed by atoms with van der Waals surface area (Å²) in [4.78, 5) is 38.6. The number of aliphatic carboxylic acids is 1. The number of rotatable bonds is 5. The first-order valence-electron chi connectivity index (χ1n) is 5.61. The number of nitrogens with one attached hydrogen (secondary N) is 2. The largest absolute Gasteiger partial charge is 0.481 e. The number of carboxylic acids is 1. The lowest BCUT2D eigenvalue weighted by Crippen LogP contribution is -2.15. The van der Waals surface area contributed by atoms with Crippen molar-refractivity contribution in [3.8, 4) is 0 Å². The predicted octanol–water partition coefficient (Wildman–Crippen LogP) is 0.718. The van der Waals surface area contributed by atoms with Gasteiger partial charge in [-0.2, -0.15) is 4.98 Å². The van der Waals surface area contributed by atoms with Crippen LogP contribution >= 0.6 is 0 Å². The van der Waals surface area contributed by atoms with E-state index >= 15 is 0 Å². The molecule has 0 radical (unpaired) electrons. The lowest BCUT2D eigenvalue weighted by Gasteiger charge is -2.05. The second-order valence-electron chi connectivity index (χ2n) is 3.95. The molecule has 0 saturated heterocycles. The third-order valence-electron chi connectivity index (χ3n) is 2.54. The van der Waals surface area contributed by atoms with Crippen LogP contribution in [0.15, 0.2) is 23.0 Å². The van der Waals surface area contributed by atoms with Gasteiger partial charge in [-0.05, 0) is 6.07 Å². The number of anilines is 1. The first-order valence-corrected chi connectivity index (χ1v) is 5.61. The molecule has 0 fully saturated rings. The summed E-state index contributed by atoms with van der Waals surface area (Å²) < 4.78 is 0. The summed E-state index contributed by atoms with van der Waals surface area (Å²) in [6.45, 7) is 0.108. The SMILES string of the molecule is O=C(O)CCNc1nc(=O)c2cc([N+](=O)[O-])ccc2[nH]1. The van der Waals surface area contributed by atoms with E-state index in [1.165, 1.54) is 12.1 Å². The zero-order valence-electron chi connectivity index (χ0n) is 10.1. The molecule has 9 nitrogen and oxygen atoms in total. The van der Waals surface area contributed by atoms with Crippen LogP contribution in [0, 0.1) is 10.1 Å². The van der Waals surface area contributed by atoms with Gasteiger partial charge >= 0.3 is 5.97 Å². The summed E-state index contributed by atoms with van der Waals surface area (Å²) in [5.74, 6) is -0.853. The van der Waals surface area contributed by atoms with Crippen LogP contribution in [0.1, 0.15) is 6.42 Å². The Balaban J connectivity index is 2.33. The van der Waals surface area contributed by atoms with Gasteiger partial charge < -0.3 is 15.4 Å². The molecule has 1 aromatic heterocycles. The minimum absolute atomic E-state index is 0.1000. The molecule has 1 heterocycles.